The van der Waals surface area contributed by atoms with Crippen LogP contribution in [0.25, 0.3) is 5.69 Å². The summed E-state index contributed by atoms with van der Waals surface area (Å²) in [6.07, 6.45) is 0. The van der Waals surface area contributed by atoms with Crippen LogP contribution >= 0.6 is 0 Å². The summed E-state index contributed by atoms with van der Waals surface area (Å²) in [6, 6.07) is 12.6. The minimum Gasteiger partial charge on any atom is -0.317 e. The molecule has 2 aromatic carbocycles. The Kier molecular flexibility index (Phi) is 3.71. The summed E-state index contributed by atoms with van der Waals surface area (Å²) in [5, 5.41) is 25.6. The van der Waals surface area contributed by atoms with Crippen molar-refractivity contribution in [2.45, 2.75) is 13.8 Å². The largest absolute Gasteiger partial charge is 0.317 e. The molecule has 0 unspecified atom stereocenters. The predicted molar refractivity (Wildman–Crippen MR) is 85.0 cm³/mol. The lowest BCUT2D eigenvalue weighted by molar-refractivity contribution is -0.384. The minimum atomic E-state index is -0.435. The fourth-order valence-electron chi connectivity index (χ4n) is 2.14. The number of nitrogens with one attached hydrogen (secondary N) is 1. The quantitative estimate of drug-likeness (QED) is 0.587. The van der Waals surface area contributed by atoms with Gasteiger partial charge in [0, 0.05) is 6.07 Å². The Morgan fingerprint density at radius 2 is 1.78 bits per heavy atom. The maximum absolute atomic E-state index is 11.2. The van der Waals surface area contributed by atoms with Crippen molar-refractivity contribution in [2.24, 2.45) is 0 Å². The second kappa shape index (κ2) is 5.84. The highest BCUT2D eigenvalue weighted by atomic mass is 16.6. The van der Waals surface area contributed by atoms with E-state index in [0.29, 0.717) is 11.6 Å². The van der Waals surface area contributed by atoms with E-state index in [9.17, 15) is 10.1 Å². The molecule has 0 atom stereocenters. The summed E-state index contributed by atoms with van der Waals surface area (Å²) in [5.74, 6) is 0.306. The zero-order valence-corrected chi connectivity index (χ0v) is 12.6. The van der Waals surface area contributed by atoms with Gasteiger partial charge >= 0.3 is 0 Å². The summed E-state index contributed by atoms with van der Waals surface area (Å²) >= 11 is 0. The Morgan fingerprint density at radius 3 is 2.48 bits per heavy atom. The summed E-state index contributed by atoms with van der Waals surface area (Å²) in [6.45, 7) is 3.78. The molecule has 0 saturated carbocycles. The molecule has 1 heterocycles. The van der Waals surface area contributed by atoms with Crippen LogP contribution in [0.1, 0.15) is 11.1 Å². The van der Waals surface area contributed by atoms with E-state index >= 15 is 0 Å². The lowest BCUT2D eigenvalue weighted by Gasteiger charge is -2.08. The van der Waals surface area contributed by atoms with Crippen LogP contribution in [0, 0.1) is 24.0 Å². The molecule has 0 spiro atoms. The molecule has 0 aliphatic carbocycles. The van der Waals surface area contributed by atoms with Crippen molar-refractivity contribution >= 4 is 17.3 Å². The zero-order valence-electron chi connectivity index (χ0n) is 12.6. The van der Waals surface area contributed by atoms with Gasteiger partial charge in [0.05, 0.1) is 10.6 Å². The topological polar surface area (TPSA) is 98.8 Å². The normalized spacial score (nSPS) is 10.5. The lowest BCUT2D eigenvalue weighted by atomic mass is 10.2. The van der Waals surface area contributed by atoms with Crippen LogP contribution in [0.3, 0.4) is 0 Å². The Bertz CT molecular complexity index is 857. The first kappa shape index (κ1) is 14.6. The van der Waals surface area contributed by atoms with E-state index in [1.54, 1.807) is 19.1 Å². The van der Waals surface area contributed by atoms with E-state index in [2.05, 4.69) is 20.8 Å². The van der Waals surface area contributed by atoms with Gasteiger partial charge in [0.15, 0.2) is 0 Å². The second-order valence-corrected chi connectivity index (χ2v) is 5.15. The van der Waals surface area contributed by atoms with Crippen LogP contribution in [0.4, 0.5) is 17.3 Å². The molecular formula is C15H14N6O2. The number of tetrazole rings is 1. The number of nitrogens with zero attached hydrogens (tertiary/aromatic N) is 5. The molecule has 0 aliphatic rings. The number of nitro groups is 1. The number of aryl methyl sites for hydroxylation is 2. The number of aromatic nitrogens is 4. The number of hydrogen-bond donors (Lipinski definition) is 1. The van der Waals surface area contributed by atoms with E-state index in [1.807, 2.05) is 31.2 Å². The molecule has 0 fully saturated rings. The van der Waals surface area contributed by atoms with Crippen molar-refractivity contribution in [3.05, 3.63) is 63.7 Å². The fraction of sp³-hybridized carbons (Fsp3) is 0.133. The van der Waals surface area contributed by atoms with E-state index < -0.39 is 4.92 Å². The molecule has 3 rings (SSSR count). The number of nitro benzene ring substituents is 1. The smallest absolute Gasteiger partial charge is 0.293 e. The molecule has 1 aromatic heterocycles. The summed E-state index contributed by atoms with van der Waals surface area (Å²) < 4.78 is 1.49. The Hall–Kier alpha value is -3.29. The first-order valence-electron chi connectivity index (χ1n) is 6.92. The number of anilines is 2. The molecular weight excluding hydrogens is 296 g/mol. The Balaban J connectivity index is 1.98. The third-order valence-corrected chi connectivity index (χ3v) is 3.34. The number of benzene rings is 2. The van der Waals surface area contributed by atoms with E-state index in [1.165, 1.54) is 10.7 Å². The van der Waals surface area contributed by atoms with Crippen molar-refractivity contribution in [1.82, 2.24) is 20.2 Å². The molecule has 8 heteroatoms. The molecule has 0 aliphatic heterocycles. The van der Waals surface area contributed by atoms with Gasteiger partial charge in [-0.25, -0.2) is 0 Å². The average molecular weight is 310 g/mol. The predicted octanol–water partition coefficient (Wildman–Crippen LogP) is 2.93. The molecule has 0 bridgehead atoms. The molecule has 8 nitrogen and oxygen atoms in total. The highest BCUT2D eigenvalue weighted by Gasteiger charge is 2.17. The lowest BCUT2D eigenvalue weighted by Crippen LogP contribution is -2.05. The van der Waals surface area contributed by atoms with Crippen LogP contribution in [0.2, 0.25) is 0 Å². The second-order valence-electron chi connectivity index (χ2n) is 5.15. The molecule has 3 aromatic rings. The van der Waals surface area contributed by atoms with Crippen molar-refractivity contribution in [3.8, 4) is 5.69 Å². The standard InChI is InChI=1S/C15H14N6O2/c1-10-3-6-12(7-4-10)20-15(17-18-19-20)16-13-8-5-11(2)9-14(13)21(22)23/h3-9H,1-2H3,(H,16,17,19). The molecule has 1 N–H and O–H groups in total. The van der Waals surface area contributed by atoms with Gasteiger partial charge in [-0.3, -0.25) is 10.1 Å². The Morgan fingerprint density at radius 1 is 1.09 bits per heavy atom. The van der Waals surface area contributed by atoms with Gasteiger partial charge in [0.1, 0.15) is 5.69 Å². The van der Waals surface area contributed by atoms with Crippen LogP contribution < -0.4 is 5.32 Å². The third kappa shape index (κ3) is 3.00. The minimum absolute atomic E-state index is 0.0246. The first-order chi connectivity index (χ1) is 11.0. The van der Waals surface area contributed by atoms with Gasteiger partial charge in [0.2, 0.25) is 0 Å². The van der Waals surface area contributed by atoms with Gasteiger partial charge < -0.3 is 5.32 Å². The first-order valence-corrected chi connectivity index (χ1v) is 6.92. The van der Waals surface area contributed by atoms with Crippen molar-refractivity contribution in [1.29, 1.82) is 0 Å². The van der Waals surface area contributed by atoms with Crippen LogP contribution in [-0.2, 0) is 0 Å². The van der Waals surface area contributed by atoms with Gasteiger partial charge in [0.25, 0.3) is 11.6 Å². The highest BCUT2D eigenvalue weighted by molar-refractivity contribution is 5.67. The average Bonchev–Trinajstić information content (AvgIpc) is 2.98. The maximum Gasteiger partial charge on any atom is 0.293 e. The van der Waals surface area contributed by atoms with E-state index in [4.69, 9.17) is 0 Å². The summed E-state index contributed by atoms with van der Waals surface area (Å²) in [7, 11) is 0. The van der Waals surface area contributed by atoms with Crippen molar-refractivity contribution < 1.29 is 4.92 Å². The Labute approximate surface area is 131 Å². The molecule has 0 saturated heterocycles. The SMILES string of the molecule is Cc1ccc(-n2nnnc2Nc2ccc(C)cc2[N+](=O)[O-])cc1. The monoisotopic (exact) mass is 310 g/mol. The summed E-state index contributed by atoms with van der Waals surface area (Å²) in [5.41, 5.74) is 3.00. The zero-order chi connectivity index (χ0) is 16.4. The fourth-order valence-corrected chi connectivity index (χ4v) is 2.14. The van der Waals surface area contributed by atoms with Gasteiger partial charge in [-0.1, -0.05) is 28.9 Å². The highest BCUT2D eigenvalue weighted by Crippen LogP contribution is 2.28. The molecule has 0 radical (unpaired) electrons. The van der Waals surface area contributed by atoms with Crippen molar-refractivity contribution in [3.63, 3.8) is 0 Å². The number of rotatable bonds is 4. The van der Waals surface area contributed by atoms with Crippen LogP contribution in [0.5, 0.6) is 0 Å². The molecule has 23 heavy (non-hydrogen) atoms. The van der Waals surface area contributed by atoms with E-state index in [-0.39, 0.29) is 5.69 Å². The van der Waals surface area contributed by atoms with Crippen molar-refractivity contribution in [2.75, 3.05) is 5.32 Å². The van der Waals surface area contributed by atoms with Gasteiger partial charge in [-0.2, -0.15) is 4.68 Å². The maximum atomic E-state index is 11.2. The number of hydrogen-bond acceptors (Lipinski definition) is 6. The van der Waals surface area contributed by atoms with Crippen LogP contribution in [0.15, 0.2) is 42.5 Å². The van der Waals surface area contributed by atoms with Gasteiger partial charge in [-0.05, 0) is 48.0 Å². The van der Waals surface area contributed by atoms with Crippen LogP contribution in [-0.4, -0.2) is 25.1 Å². The summed E-state index contributed by atoms with van der Waals surface area (Å²) in [4.78, 5) is 10.8. The molecule has 116 valence electrons. The van der Waals surface area contributed by atoms with E-state index in [0.717, 1.165) is 16.8 Å². The van der Waals surface area contributed by atoms with Gasteiger partial charge in [-0.15, -0.1) is 0 Å². The molecule has 0 amide bonds. The third-order valence-electron chi connectivity index (χ3n) is 3.34.